The van der Waals surface area contributed by atoms with Gasteiger partial charge in [0, 0.05) is 19.1 Å². The SMILES string of the molecule is CC(CN1CCCC1)NS(=O)(=O)c1ccc(CN)cc1Cl. The van der Waals surface area contributed by atoms with Gasteiger partial charge in [-0.25, -0.2) is 13.1 Å². The Morgan fingerprint density at radius 2 is 2.05 bits per heavy atom. The zero-order chi connectivity index (χ0) is 15.5. The minimum atomic E-state index is -3.61. The first-order chi connectivity index (χ1) is 9.92. The largest absolute Gasteiger partial charge is 0.326 e. The third-order valence-corrected chi connectivity index (χ3v) is 5.68. The van der Waals surface area contributed by atoms with Crippen LogP contribution in [0.2, 0.25) is 5.02 Å². The number of nitrogens with two attached hydrogens (primary N) is 1. The molecule has 118 valence electrons. The van der Waals surface area contributed by atoms with E-state index in [0.29, 0.717) is 6.54 Å². The predicted octanol–water partition coefficient (Wildman–Crippen LogP) is 1.56. The van der Waals surface area contributed by atoms with E-state index in [2.05, 4.69) is 9.62 Å². The van der Waals surface area contributed by atoms with Gasteiger partial charge in [0.2, 0.25) is 10.0 Å². The fourth-order valence-corrected chi connectivity index (χ4v) is 4.41. The van der Waals surface area contributed by atoms with Crippen molar-refractivity contribution in [3.05, 3.63) is 28.8 Å². The van der Waals surface area contributed by atoms with Crippen LogP contribution < -0.4 is 10.5 Å². The number of likely N-dealkylation sites (tertiary alicyclic amines) is 1. The fraction of sp³-hybridized carbons (Fsp3) is 0.571. The summed E-state index contributed by atoms with van der Waals surface area (Å²) in [5.41, 5.74) is 6.33. The minimum absolute atomic E-state index is 0.106. The second-order valence-corrected chi connectivity index (χ2v) is 7.59. The second-order valence-electron chi connectivity index (χ2n) is 5.50. The summed E-state index contributed by atoms with van der Waals surface area (Å²) >= 11 is 6.06. The Kier molecular flexibility index (Phi) is 5.62. The predicted molar refractivity (Wildman–Crippen MR) is 84.8 cm³/mol. The molecule has 0 radical (unpaired) electrons. The van der Waals surface area contributed by atoms with Crippen molar-refractivity contribution in [2.45, 2.75) is 37.2 Å². The van der Waals surface area contributed by atoms with Crippen molar-refractivity contribution in [1.29, 1.82) is 0 Å². The summed E-state index contributed by atoms with van der Waals surface area (Å²) in [6.07, 6.45) is 2.37. The molecule has 5 nitrogen and oxygen atoms in total. The molecule has 0 amide bonds. The van der Waals surface area contributed by atoms with E-state index in [1.54, 1.807) is 12.1 Å². The van der Waals surface area contributed by atoms with Gasteiger partial charge in [0.25, 0.3) is 0 Å². The van der Waals surface area contributed by atoms with Gasteiger partial charge >= 0.3 is 0 Å². The van der Waals surface area contributed by atoms with Crippen molar-refractivity contribution >= 4 is 21.6 Å². The quantitative estimate of drug-likeness (QED) is 0.829. The van der Waals surface area contributed by atoms with E-state index in [1.807, 2.05) is 6.92 Å². The number of hydrogen-bond donors (Lipinski definition) is 2. The standard InChI is InChI=1S/C14H22ClN3O2S/c1-11(10-18-6-2-3-7-18)17-21(19,20)14-5-4-12(9-16)8-13(14)15/h4-5,8,11,17H,2-3,6-7,9-10,16H2,1H3. The molecule has 1 atom stereocenters. The molecule has 21 heavy (non-hydrogen) atoms. The van der Waals surface area contributed by atoms with Gasteiger partial charge in [-0.05, 0) is 50.6 Å². The van der Waals surface area contributed by atoms with Crippen LogP contribution in [-0.4, -0.2) is 39.0 Å². The monoisotopic (exact) mass is 331 g/mol. The van der Waals surface area contributed by atoms with E-state index < -0.39 is 10.0 Å². The highest BCUT2D eigenvalue weighted by Crippen LogP contribution is 2.23. The average Bonchev–Trinajstić information content (AvgIpc) is 2.90. The molecule has 2 rings (SSSR count). The molecule has 1 aromatic carbocycles. The Bertz CT molecular complexity index is 586. The first-order valence-electron chi connectivity index (χ1n) is 7.15. The van der Waals surface area contributed by atoms with Crippen molar-refractivity contribution in [2.24, 2.45) is 5.73 Å². The molecule has 1 heterocycles. The third kappa shape index (κ3) is 4.40. The minimum Gasteiger partial charge on any atom is -0.326 e. The number of nitrogens with zero attached hydrogens (tertiary/aromatic N) is 1. The maximum Gasteiger partial charge on any atom is 0.242 e. The summed E-state index contributed by atoms with van der Waals surface area (Å²) in [6, 6.07) is 4.64. The van der Waals surface area contributed by atoms with E-state index in [-0.39, 0.29) is 16.0 Å². The molecule has 3 N–H and O–H groups in total. The van der Waals surface area contributed by atoms with Crippen molar-refractivity contribution in [2.75, 3.05) is 19.6 Å². The van der Waals surface area contributed by atoms with Crippen molar-refractivity contribution < 1.29 is 8.42 Å². The fourth-order valence-electron chi connectivity index (χ4n) is 2.61. The van der Waals surface area contributed by atoms with E-state index >= 15 is 0 Å². The molecule has 0 aromatic heterocycles. The summed E-state index contributed by atoms with van der Waals surface area (Å²) in [5.74, 6) is 0. The molecule has 0 spiro atoms. The average molecular weight is 332 g/mol. The van der Waals surface area contributed by atoms with Crippen molar-refractivity contribution in [3.8, 4) is 0 Å². The van der Waals surface area contributed by atoms with E-state index in [1.165, 1.54) is 18.9 Å². The lowest BCUT2D eigenvalue weighted by Crippen LogP contribution is -2.41. The lowest BCUT2D eigenvalue weighted by atomic mass is 10.2. The summed E-state index contributed by atoms with van der Waals surface area (Å²) in [4.78, 5) is 2.38. The topological polar surface area (TPSA) is 75.4 Å². The maximum absolute atomic E-state index is 12.4. The van der Waals surface area contributed by atoms with E-state index in [9.17, 15) is 8.42 Å². The molecule has 1 aromatic rings. The summed E-state index contributed by atoms with van der Waals surface area (Å²) in [7, 11) is -3.61. The Morgan fingerprint density at radius 1 is 1.38 bits per heavy atom. The van der Waals surface area contributed by atoms with Gasteiger partial charge in [0.15, 0.2) is 0 Å². The van der Waals surface area contributed by atoms with Crippen LogP contribution in [0.25, 0.3) is 0 Å². The molecule has 0 aliphatic carbocycles. The lowest BCUT2D eigenvalue weighted by Gasteiger charge is -2.21. The highest BCUT2D eigenvalue weighted by atomic mass is 35.5. The van der Waals surface area contributed by atoms with Gasteiger partial charge in [0.05, 0.1) is 5.02 Å². The molecule has 0 saturated carbocycles. The van der Waals surface area contributed by atoms with Gasteiger partial charge in [-0.15, -0.1) is 0 Å². The van der Waals surface area contributed by atoms with Crippen LogP contribution in [0.5, 0.6) is 0 Å². The highest BCUT2D eigenvalue weighted by molar-refractivity contribution is 7.89. The van der Waals surface area contributed by atoms with Crippen LogP contribution in [-0.2, 0) is 16.6 Å². The van der Waals surface area contributed by atoms with Crippen LogP contribution in [0.1, 0.15) is 25.3 Å². The van der Waals surface area contributed by atoms with Gasteiger partial charge in [-0.2, -0.15) is 0 Å². The Balaban J connectivity index is 2.06. The molecule has 1 aliphatic rings. The molecule has 1 unspecified atom stereocenters. The third-order valence-electron chi connectivity index (χ3n) is 3.61. The lowest BCUT2D eigenvalue weighted by molar-refractivity contribution is 0.313. The van der Waals surface area contributed by atoms with Crippen molar-refractivity contribution in [1.82, 2.24) is 9.62 Å². The van der Waals surface area contributed by atoms with Crippen LogP contribution in [0.15, 0.2) is 23.1 Å². The van der Waals surface area contributed by atoms with Crippen LogP contribution in [0.3, 0.4) is 0 Å². The Morgan fingerprint density at radius 3 is 2.62 bits per heavy atom. The summed E-state index contributed by atoms with van der Waals surface area (Å²) in [5, 5.41) is 0.207. The number of nitrogens with one attached hydrogen (secondary N) is 1. The summed E-state index contributed by atoms with van der Waals surface area (Å²) in [6.45, 7) is 5.00. The normalized spacial score (nSPS) is 18.0. The molecular formula is C14H22ClN3O2S. The zero-order valence-corrected chi connectivity index (χ0v) is 13.8. The molecule has 1 fully saturated rings. The van der Waals surface area contributed by atoms with Crippen LogP contribution in [0, 0.1) is 0 Å². The molecule has 7 heteroatoms. The molecule has 1 aliphatic heterocycles. The van der Waals surface area contributed by atoms with Crippen molar-refractivity contribution in [3.63, 3.8) is 0 Å². The number of rotatable bonds is 6. The summed E-state index contributed by atoms with van der Waals surface area (Å²) < 4.78 is 27.5. The maximum atomic E-state index is 12.4. The first-order valence-corrected chi connectivity index (χ1v) is 9.01. The number of halogens is 1. The van der Waals surface area contributed by atoms with Gasteiger partial charge in [0.1, 0.15) is 4.90 Å². The number of hydrogen-bond acceptors (Lipinski definition) is 4. The van der Waals surface area contributed by atoms with E-state index in [4.69, 9.17) is 17.3 Å². The van der Waals surface area contributed by atoms with Gasteiger partial charge in [-0.3, -0.25) is 0 Å². The molecule has 1 saturated heterocycles. The Labute approximate surface area is 131 Å². The zero-order valence-electron chi connectivity index (χ0n) is 12.2. The highest BCUT2D eigenvalue weighted by Gasteiger charge is 2.22. The van der Waals surface area contributed by atoms with E-state index in [0.717, 1.165) is 25.2 Å². The smallest absolute Gasteiger partial charge is 0.242 e. The van der Waals surface area contributed by atoms with Crippen LogP contribution in [0.4, 0.5) is 0 Å². The van der Waals surface area contributed by atoms with Gasteiger partial charge in [-0.1, -0.05) is 17.7 Å². The number of sulfonamides is 1. The number of benzene rings is 1. The molecular weight excluding hydrogens is 310 g/mol. The second kappa shape index (κ2) is 7.07. The Hall–Kier alpha value is -0.660. The van der Waals surface area contributed by atoms with Crippen LogP contribution >= 0.6 is 11.6 Å². The molecule has 0 bridgehead atoms. The van der Waals surface area contributed by atoms with Gasteiger partial charge < -0.3 is 10.6 Å². The first kappa shape index (κ1) is 16.7.